The van der Waals surface area contributed by atoms with E-state index in [4.69, 9.17) is 4.74 Å². The van der Waals surface area contributed by atoms with Crippen molar-refractivity contribution in [1.29, 1.82) is 0 Å². The van der Waals surface area contributed by atoms with E-state index in [1.807, 2.05) is 20.8 Å². The van der Waals surface area contributed by atoms with Gasteiger partial charge < -0.3 is 14.5 Å². The lowest BCUT2D eigenvalue weighted by atomic mass is 10.2. The molecule has 4 nitrogen and oxygen atoms in total. The Labute approximate surface area is 140 Å². The molecule has 0 fully saturated rings. The fourth-order valence-electron chi connectivity index (χ4n) is 1.96. The zero-order chi connectivity index (χ0) is 18.0. The monoisotopic (exact) mass is 344 g/mol. The van der Waals surface area contributed by atoms with Crippen LogP contribution in [0.1, 0.15) is 37.2 Å². The van der Waals surface area contributed by atoms with Gasteiger partial charge in [0.05, 0.1) is 18.6 Å². The number of aryl methyl sites for hydroxylation is 2. The van der Waals surface area contributed by atoms with E-state index in [2.05, 4.69) is 14.7 Å². The SMILES string of the molecule is CC.Cc1[nH]cnc1CCCOCc1ccc(OC(F)(F)F)cc1. The van der Waals surface area contributed by atoms with Crippen LogP contribution in [0.3, 0.4) is 0 Å². The minimum Gasteiger partial charge on any atom is -0.406 e. The summed E-state index contributed by atoms with van der Waals surface area (Å²) in [6, 6.07) is 5.66. The standard InChI is InChI=1S/C15H17F3N2O2.C2H6/c1-11-14(20-10-19-11)3-2-8-21-9-12-4-6-13(7-5-12)22-15(16,17)18;1-2/h4-7,10H,2-3,8-9H2,1H3,(H,19,20);1-2H3. The number of nitrogens with zero attached hydrogens (tertiary/aromatic N) is 1. The Hall–Kier alpha value is -2.02. The molecule has 134 valence electrons. The maximum Gasteiger partial charge on any atom is 0.573 e. The fraction of sp³-hybridized carbons (Fsp3) is 0.471. The van der Waals surface area contributed by atoms with Crippen LogP contribution in [0.15, 0.2) is 30.6 Å². The molecule has 0 radical (unpaired) electrons. The molecule has 0 aliphatic rings. The van der Waals surface area contributed by atoms with Gasteiger partial charge in [-0.05, 0) is 37.5 Å². The molecule has 1 aromatic carbocycles. The number of alkyl halides is 3. The quantitative estimate of drug-likeness (QED) is 0.735. The highest BCUT2D eigenvalue weighted by molar-refractivity contribution is 5.27. The number of hydrogen-bond acceptors (Lipinski definition) is 3. The Morgan fingerprint density at radius 1 is 1.12 bits per heavy atom. The molecule has 0 unspecified atom stereocenters. The van der Waals surface area contributed by atoms with Crippen molar-refractivity contribution in [3.63, 3.8) is 0 Å². The number of nitrogens with one attached hydrogen (secondary N) is 1. The Morgan fingerprint density at radius 2 is 1.79 bits per heavy atom. The van der Waals surface area contributed by atoms with Crippen LogP contribution >= 0.6 is 0 Å². The summed E-state index contributed by atoms with van der Waals surface area (Å²) in [6.45, 7) is 6.88. The van der Waals surface area contributed by atoms with Gasteiger partial charge in [0.15, 0.2) is 0 Å². The van der Waals surface area contributed by atoms with E-state index >= 15 is 0 Å². The minimum absolute atomic E-state index is 0.231. The third-order valence-electron chi connectivity index (χ3n) is 3.06. The first-order valence-electron chi connectivity index (χ1n) is 7.85. The van der Waals surface area contributed by atoms with Gasteiger partial charge in [0, 0.05) is 12.3 Å². The Morgan fingerprint density at radius 3 is 2.33 bits per heavy atom. The second kappa shape index (κ2) is 9.97. The maximum absolute atomic E-state index is 12.0. The van der Waals surface area contributed by atoms with Gasteiger partial charge in [-0.1, -0.05) is 26.0 Å². The highest BCUT2D eigenvalue weighted by Crippen LogP contribution is 2.22. The summed E-state index contributed by atoms with van der Waals surface area (Å²) in [5.74, 6) is -0.231. The number of halogens is 3. The molecular formula is C17H23F3N2O2. The first kappa shape index (κ1) is 20.0. The number of ether oxygens (including phenoxy) is 2. The number of hydrogen-bond donors (Lipinski definition) is 1. The number of aromatic nitrogens is 2. The second-order valence-corrected chi connectivity index (χ2v) is 4.82. The molecule has 0 amide bonds. The molecule has 7 heteroatoms. The predicted molar refractivity (Wildman–Crippen MR) is 85.8 cm³/mol. The first-order chi connectivity index (χ1) is 11.4. The van der Waals surface area contributed by atoms with Crippen molar-refractivity contribution in [1.82, 2.24) is 9.97 Å². The molecule has 0 saturated carbocycles. The van der Waals surface area contributed by atoms with E-state index in [0.29, 0.717) is 13.2 Å². The average molecular weight is 344 g/mol. The van der Waals surface area contributed by atoms with Gasteiger partial charge in [-0.25, -0.2) is 4.98 Å². The Balaban J connectivity index is 0.00000139. The van der Waals surface area contributed by atoms with Crippen LogP contribution in [0.25, 0.3) is 0 Å². The van der Waals surface area contributed by atoms with Crippen molar-refractivity contribution in [2.45, 2.75) is 46.6 Å². The Bertz CT molecular complexity index is 580. The van der Waals surface area contributed by atoms with E-state index in [1.54, 1.807) is 18.5 Å². The summed E-state index contributed by atoms with van der Waals surface area (Å²) in [4.78, 5) is 7.21. The average Bonchev–Trinajstić information content (AvgIpc) is 2.94. The summed E-state index contributed by atoms with van der Waals surface area (Å²) in [5, 5.41) is 0. The Kier molecular flexibility index (Phi) is 8.32. The van der Waals surface area contributed by atoms with Crippen molar-refractivity contribution in [2.75, 3.05) is 6.61 Å². The predicted octanol–water partition coefficient (Wildman–Crippen LogP) is 4.79. The van der Waals surface area contributed by atoms with Crippen LogP contribution in [0.4, 0.5) is 13.2 Å². The third kappa shape index (κ3) is 7.50. The highest BCUT2D eigenvalue weighted by atomic mass is 19.4. The summed E-state index contributed by atoms with van der Waals surface area (Å²) in [6.07, 6.45) is -1.34. The second-order valence-electron chi connectivity index (χ2n) is 4.82. The molecule has 0 aliphatic heterocycles. The van der Waals surface area contributed by atoms with Gasteiger partial charge in [0.2, 0.25) is 0 Å². The van der Waals surface area contributed by atoms with Crippen molar-refractivity contribution in [2.24, 2.45) is 0 Å². The van der Waals surface area contributed by atoms with Gasteiger partial charge in [0.25, 0.3) is 0 Å². The topological polar surface area (TPSA) is 47.1 Å². The van der Waals surface area contributed by atoms with E-state index in [-0.39, 0.29) is 5.75 Å². The van der Waals surface area contributed by atoms with Crippen LogP contribution in [0, 0.1) is 6.92 Å². The van der Waals surface area contributed by atoms with Gasteiger partial charge in [0.1, 0.15) is 5.75 Å². The van der Waals surface area contributed by atoms with Gasteiger partial charge in [-0.2, -0.15) is 0 Å². The molecule has 1 heterocycles. The first-order valence-corrected chi connectivity index (χ1v) is 7.85. The molecule has 0 bridgehead atoms. The lowest BCUT2D eigenvalue weighted by molar-refractivity contribution is -0.274. The number of benzene rings is 1. The molecule has 0 aliphatic carbocycles. The van der Waals surface area contributed by atoms with Gasteiger partial charge >= 0.3 is 6.36 Å². The van der Waals surface area contributed by atoms with E-state index in [0.717, 1.165) is 29.8 Å². The summed E-state index contributed by atoms with van der Waals surface area (Å²) < 4.78 is 45.4. The van der Waals surface area contributed by atoms with Crippen molar-refractivity contribution < 1.29 is 22.6 Å². The van der Waals surface area contributed by atoms with Crippen molar-refractivity contribution >= 4 is 0 Å². The molecule has 0 saturated heterocycles. The zero-order valence-electron chi connectivity index (χ0n) is 14.1. The smallest absolute Gasteiger partial charge is 0.406 e. The minimum atomic E-state index is -4.66. The molecule has 1 aromatic heterocycles. The molecule has 0 spiro atoms. The van der Waals surface area contributed by atoms with Crippen LogP contribution in [0.5, 0.6) is 5.75 Å². The third-order valence-corrected chi connectivity index (χ3v) is 3.06. The summed E-state index contributed by atoms with van der Waals surface area (Å²) in [5.41, 5.74) is 2.88. The molecule has 24 heavy (non-hydrogen) atoms. The van der Waals surface area contributed by atoms with Crippen LogP contribution in [0.2, 0.25) is 0 Å². The number of aromatic amines is 1. The van der Waals surface area contributed by atoms with E-state index in [1.165, 1.54) is 12.1 Å². The summed E-state index contributed by atoms with van der Waals surface area (Å²) >= 11 is 0. The largest absolute Gasteiger partial charge is 0.573 e. The van der Waals surface area contributed by atoms with Crippen LogP contribution in [-0.2, 0) is 17.8 Å². The molecule has 2 aromatic rings. The zero-order valence-corrected chi connectivity index (χ0v) is 14.1. The molecule has 1 N–H and O–H groups in total. The van der Waals surface area contributed by atoms with Crippen LogP contribution in [-0.4, -0.2) is 22.9 Å². The van der Waals surface area contributed by atoms with E-state index < -0.39 is 6.36 Å². The number of imidazole rings is 1. The normalized spacial score (nSPS) is 10.9. The van der Waals surface area contributed by atoms with Gasteiger partial charge in [-0.3, -0.25) is 0 Å². The maximum atomic E-state index is 12.0. The molecule has 0 atom stereocenters. The highest BCUT2D eigenvalue weighted by Gasteiger charge is 2.30. The molecular weight excluding hydrogens is 321 g/mol. The van der Waals surface area contributed by atoms with E-state index in [9.17, 15) is 13.2 Å². The van der Waals surface area contributed by atoms with Gasteiger partial charge in [-0.15, -0.1) is 13.2 Å². The van der Waals surface area contributed by atoms with Crippen LogP contribution < -0.4 is 4.74 Å². The lowest BCUT2D eigenvalue weighted by Gasteiger charge is -2.09. The molecule has 2 rings (SSSR count). The number of H-pyrrole nitrogens is 1. The number of rotatable bonds is 7. The lowest BCUT2D eigenvalue weighted by Crippen LogP contribution is -2.17. The fourth-order valence-corrected chi connectivity index (χ4v) is 1.96. The summed E-state index contributed by atoms with van der Waals surface area (Å²) in [7, 11) is 0. The van der Waals surface area contributed by atoms with Crippen molar-refractivity contribution in [3.05, 3.63) is 47.5 Å². The van der Waals surface area contributed by atoms with Crippen molar-refractivity contribution in [3.8, 4) is 5.75 Å².